The fraction of sp³-hybridized carbons (Fsp3) is 0.400. The Bertz CT molecular complexity index is 886. The van der Waals surface area contributed by atoms with Crippen LogP contribution in [0.25, 0.3) is 10.2 Å². The van der Waals surface area contributed by atoms with Crippen LogP contribution in [0, 0.1) is 13.8 Å². The second kappa shape index (κ2) is 5.17. The van der Waals surface area contributed by atoms with Crippen LogP contribution < -0.4 is 10.6 Å². The molecule has 0 saturated carbocycles. The van der Waals surface area contributed by atoms with Gasteiger partial charge in [-0.05, 0) is 25.8 Å². The molecule has 0 bridgehead atoms. The fourth-order valence-corrected chi connectivity index (χ4v) is 4.19. The first-order valence-electron chi connectivity index (χ1n) is 7.56. The summed E-state index contributed by atoms with van der Waals surface area (Å²) in [5.74, 6) is 0.916. The van der Waals surface area contributed by atoms with Crippen LogP contribution in [0.2, 0.25) is 0 Å². The molecular weight excluding hydrogens is 312 g/mol. The minimum Gasteiger partial charge on any atom is -0.397 e. The maximum Gasteiger partial charge on any atom is 0.165 e. The Kier molecular flexibility index (Phi) is 3.24. The van der Waals surface area contributed by atoms with E-state index in [1.807, 2.05) is 29.5 Å². The van der Waals surface area contributed by atoms with Crippen molar-refractivity contribution in [3.63, 3.8) is 0 Å². The lowest BCUT2D eigenvalue weighted by Crippen LogP contribution is -2.35. The van der Waals surface area contributed by atoms with Crippen LogP contribution in [-0.4, -0.2) is 31.6 Å². The summed E-state index contributed by atoms with van der Waals surface area (Å²) in [5.41, 5.74) is 8.83. The van der Waals surface area contributed by atoms with E-state index in [1.165, 1.54) is 11.3 Å². The minimum absolute atomic E-state index is 0.602. The van der Waals surface area contributed by atoms with E-state index in [4.69, 9.17) is 5.73 Å². The Morgan fingerprint density at radius 2 is 2.13 bits per heavy atom. The van der Waals surface area contributed by atoms with Crippen LogP contribution >= 0.6 is 11.3 Å². The van der Waals surface area contributed by atoms with Crippen molar-refractivity contribution in [2.45, 2.75) is 33.0 Å². The lowest BCUT2D eigenvalue weighted by Gasteiger charge is -2.33. The smallest absolute Gasteiger partial charge is 0.165 e. The van der Waals surface area contributed by atoms with Crippen LogP contribution in [0.5, 0.6) is 0 Å². The van der Waals surface area contributed by atoms with Crippen LogP contribution in [-0.2, 0) is 6.54 Å². The Morgan fingerprint density at radius 1 is 1.30 bits per heavy atom. The second-order valence-electron chi connectivity index (χ2n) is 5.80. The third kappa shape index (κ3) is 2.09. The quantitative estimate of drug-likeness (QED) is 0.746. The topological polar surface area (TPSA) is 93.1 Å². The van der Waals surface area contributed by atoms with Crippen molar-refractivity contribution in [1.29, 1.82) is 0 Å². The van der Waals surface area contributed by atoms with Gasteiger partial charge in [0.15, 0.2) is 6.23 Å². The Balaban J connectivity index is 1.81. The van der Waals surface area contributed by atoms with E-state index >= 15 is 0 Å². The fourth-order valence-electron chi connectivity index (χ4n) is 3.09. The average Bonchev–Trinajstić information content (AvgIpc) is 3.15. The molecule has 1 atom stereocenters. The van der Waals surface area contributed by atoms with Crippen LogP contribution in [0.15, 0.2) is 12.3 Å². The molecule has 4 rings (SSSR count). The third-order valence-electron chi connectivity index (χ3n) is 4.45. The Hall–Kier alpha value is -2.19. The first-order valence-corrected chi connectivity index (χ1v) is 8.38. The SMILES string of the molecule is Cc1nnc2sc(C(O)N3CCCn4nccc43)c(N)c2c1C. The third-order valence-corrected chi connectivity index (χ3v) is 5.58. The molecule has 0 spiro atoms. The van der Waals surface area contributed by atoms with Crippen molar-refractivity contribution in [1.82, 2.24) is 20.0 Å². The molecule has 1 aliphatic heterocycles. The van der Waals surface area contributed by atoms with Crippen LogP contribution in [0.1, 0.15) is 28.8 Å². The zero-order valence-corrected chi connectivity index (χ0v) is 13.8. The van der Waals surface area contributed by atoms with Crippen LogP contribution in [0.3, 0.4) is 0 Å². The average molecular weight is 330 g/mol. The first-order chi connectivity index (χ1) is 11.1. The van der Waals surface area contributed by atoms with Crippen molar-refractivity contribution in [2.75, 3.05) is 17.2 Å². The maximum atomic E-state index is 10.9. The van der Waals surface area contributed by atoms with E-state index in [0.717, 1.165) is 51.7 Å². The molecule has 1 unspecified atom stereocenters. The summed E-state index contributed by atoms with van der Waals surface area (Å²) < 4.78 is 1.91. The number of hydrogen-bond donors (Lipinski definition) is 2. The van der Waals surface area contributed by atoms with Crippen molar-refractivity contribution >= 4 is 33.1 Å². The van der Waals surface area contributed by atoms with Gasteiger partial charge in [0.1, 0.15) is 10.6 Å². The molecule has 0 saturated heterocycles. The van der Waals surface area contributed by atoms with Gasteiger partial charge in [-0.15, -0.1) is 16.4 Å². The monoisotopic (exact) mass is 330 g/mol. The summed E-state index contributed by atoms with van der Waals surface area (Å²) in [4.78, 5) is 3.43. The van der Waals surface area contributed by atoms with Gasteiger partial charge < -0.3 is 15.7 Å². The molecule has 7 nitrogen and oxygen atoms in total. The van der Waals surface area contributed by atoms with E-state index in [1.54, 1.807) is 6.20 Å². The number of aromatic nitrogens is 4. The number of aryl methyl sites for hydroxylation is 3. The zero-order valence-electron chi connectivity index (χ0n) is 13.0. The number of hydrogen-bond acceptors (Lipinski definition) is 7. The molecule has 0 radical (unpaired) electrons. The molecule has 3 aromatic rings. The minimum atomic E-state index is -0.801. The number of anilines is 2. The number of nitrogens with zero attached hydrogens (tertiary/aromatic N) is 5. The van der Waals surface area contributed by atoms with Gasteiger partial charge in [-0.1, -0.05) is 0 Å². The highest BCUT2D eigenvalue weighted by atomic mass is 32.1. The lowest BCUT2D eigenvalue weighted by atomic mass is 10.1. The summed E-state index contributed by atoms with van der Waals surface area (Å²) in [6, 6.07) is 1.92. The molecular formula is C15H18N6OS. The Labute approximate surface area is 137 Å². The van der Waals surface area contributed by atoms with E-state index in [0.29, 0.717) is 5.69 Å². The summed E-state index contributed by atoms with van der Waals surface area (Å²) in [6.45, 7) is 5.54. The van der Waals surface area contributed by atoms with Crippen molar-refractivity contribution in [2.24, 2.45) is 0 Å². The van der Waals surface area contributed by atoms with E-state index < -0.39 is 6.23 Å². The van der Waals surface area contributed by atoms with Gasteiger partial charge in [0.2, 0.25) is 0 Å². The Morgan fingerprint density at radius 3 is 2.96 bits per heavy atom. The van der Waals surface area contributed by atoms with E-state index in [9.17, 15) is 5.11 Å². The summed E-state index contributed by atoms with van der Waals surface area (Å²) >= 11 is 1.41. The van der Waals surface area contributed by atoms with Crippen LogP contribution in [0.4, 0.5) is 11.5 Å². The van der Waals surface area contributed by atoms with Gasteiger partial charge in [0, 0.05) is 24.5 Å². The number of aliphatic hydroxyl groups is 1. The molecule has 0 amide bonds. The number of fused-ring (bicyclic) bond motifs is 2. The second-order valence-corrected chi connectivity index (χ2v) is 6.83. The molecule has 8 heteroatoms. The number of thiophene rings is 1. The van der Waals surface area contributed by atoms with E-state index in [-0.39, 0.29) is 0 Å². The molecule has 1 aliphatic rings. The maximum absolute atomic E-state index is 10.9. The molecule has 23 heavy (non-hydrogen) atoms. The molecule has 120 valence electrons. The van der Waals surface area contributed by atoms with Gasteiger partial charge in [-0.2, -0.15) is 10.2 Å². The largest absolute Gasteiger partial charge is 0.397 e. The highest BCUT2D eigenvalue weighted by Crippen LogP contribution is 2.41. The number of nitrogen functional groups attached to an aromatic ring is 1. The first kappa shape index (κ1) is 14.4. The van der Waals surface area contributed by atoms with Gasteiger partial charge in [-0.25, -0.2) is 4.68 Å². The molecule has 4 heterocycles. The zero-order chi connectivity index (χ0) is 16.1. The number of nitrogens with two attached hydrogens (primary N) is 1. The summed E-state index contributed by atoms with van der Waals surface area (Å²) in [5, 5.41) is 24.5. The summed E-state index contributed by atoms with van der Waals surface area (Å²) in [7, 11) is 0. The van der Waals surface area contributed by atoms with Gasteiger partial charge in [0.25, 0.3) is 0 Å². The molecule has 0 fully saturated rings. The molecule has 0 aromatic carbocycles. The van der Waals surface area contributed by atoms with Crippen molar-refractivity contribution in [3.8, 4) is 0 Å². The van der Waals surface area contributed by atoms with Gasteiger partial charge >= 0.3 is 0 Å². The number of aliphatic hydroxyl groups excluding tert-OH is 1. The molecule has 3 N–H and O–H groups in total. The highest BCUT2D eigenvalue weighted by Gasteiger charge is 2.28. The predicted molar refractivity (Wildman–Crippen MR) is 90.5 cm³/mol. The van der Waals surface area contributed by atoms with Crippen molar-refractivity contribution < 1.29 is 5.11 Å². The standard InChI is InChI=1S/C15H18N6OS/c1-8-9(2)18-19-14-11(8)12(16)13(23-14)15(22)20-6-3-7-21-10(20)4-5-17-21/h4-5,15,22H,3,6-7,16H2,1-2H3. The summed E-state index contributed by atoms with van der Waals surface area (Å²) in [6.07, 6.45) is 1.90. The predicted octanol–water partition coefficient (Wildman–Crippen LogP) is 1.99. The molecule has 3 aromatic heterocycles. The lowest BCUT2D eigenvalue weighted by molar-refractivity contribution is 0.168. The molecule has 0 aliphatic carbocycles. The highest BCUT2D eigenvalue weighted by molar-refractivity contribution is 7.19. The number of rotatable bonds is 2. The van der Waals surface area contributed by atoms with Gasteiger partial charge in [0.05, 0.1) is 22.5 Å². The van der Waals surface area contributed by atoms with Crippen molar-refractivity contribution in [3.05, 3.63) is 28.4 Å². The van der Waals surface area contributed by atoms with Gasteiger partial charge in [-0.3, -0.25) is 0 Å². The normalized spacial score (nSPS) is 15.9. The van der Waals surface area contributed by atoms with E-state index in [2.05, 4.69) is 15.3 Å².